The van der Waals surface area contributed by atoms with Gasteiger partial charge in [0.25, 0.3) is 0 Å². The molecule has 1 heterocycles. The van der Waals surface area contributed by atoms with E-state index < -0.39 is 55.3 Å². The Morgan fingerprint density at radius 3 is 1.65 bits per heavy atom. The first-order valence-corrected chi connectivity index (χ1v) is 16.5. The fraction of sp³-hybridized carbons (Fsp3) is 0.195. The number of alkyl halides is 1. The molecule has 0 bridgehead atoms. The summed E-state index contributed by atoms with van der Waals surface area (Å²) in [6, 6.07) is 38.5. The third kappa shape index (κ3) is 8.78. The molecule has 5 atom stereocenters. The fourth-order valence-corrected chi connectivity index (χ4v) is 5.38. The maximum absolute atomic E-state index is 16.6. The van der Waals surface area contributed by atoms with Crippen LogP contribution in [0.1, 0.15) is 43.6 Å². The van der Waals surface area contributed by atoms with Gasteiger partial charge in [-0.15, -0.1) is 0 Å². The largest absolute Gasteiger partial charge is 0.459 e. The number of esters is 3. The molecule has 9 nitrogen and oxygen atoms in total. The number of para-hydroxylation sites is 2. The van der Waals surface area contributed by atoms with Crippen molar-refractivity contribution < 1.29 is 47.2 Å². The number of rotatable bonds is 12. The Hall–Kier alpha value is -6.00. The van der Waals surface area contributed by atoms with E-state index in [-0.39, 0.29) is 28.2 Å². The summed E-state index contributed by atoms with van der Waals surface area (Å²) in [6.07, 6.45) is -7.71. The molecule has 0 aromatic heterocycles. The average molecular weight is 691 g/mol. The zero-order valence-electron chi connectivity index (χ0n) is 27.6. The SMILES string of the molecule is CCc1ccc(Oc2ccccc2OC2OC(COC(=O)c3ccccc3)C(F)C(OC(=O)c3ccccc3)C2OC(=O)c2ccccc2)cc1. The monoisotopic (exact) mass is 690 g/mol. The normalized spacial score (nSPS) is 19.7. The number of hydrogen-bond donors (Lipinski definition) is 0. The molecule has 51 heavy (non-hydrogen) atoms. The van der Waals surface area contributed by atoms with E-state index in [0.717, 1.165) is 12.0 Å². The summed E-state index contributed by atoms with van der Waals surface area (Å²) in [7, 11) is 0. The summed E-state index contributed by atoms with van der Waals surface area (Å²) < 4.78 is 52.2. The lowest BCUT2D eigenvalue weighted by Gasteiger charge is -2.42. The second-order valence-corrected chi connectivity index (χ2v) is 11.6. The summed E-state index contributed by atoms with van der Waals surface area (Å²) in [5.74, 6) is -1.44. The van der Waals surface area contributed by atoms with Gasteiger partial charge in [-0.05, 0) is 72.6 Å². The van der Waals surface area contributed by atoms with Crippen LogP contribution in [0.5, 0.6) is 17.2 Å². The van der Waals surface area contributed by atoms with Crippen LogP contribution in [0, 0.1) is 0 Å². The van der Waals surface area contributed by atoms with E-state index in [1.807, 2.05) is 31.2 Å². The van der Waals surface area contributed by atoms with Crippen molar-refractivity contribution in [3.63, 3.8) is 0 Å². The Labute approximate surface area is 294 Å². The maximum Gasteiger partial charge on any atom is 0.338 e. The van der Waals surface area contributed by atoms with Crippen LogP contribution < -0.4 is 9.47 Å². The molecular weight excluding hydrogens is 655 g/mol. The molecule has 0 saturated carbocycles. The standard InChI is InChI=1S/C41H35FO9/c1-2-27-22-24-31(25-23-27)47-32-20-12-13-21-33(32)48-41-37(51-40(45)30-18-10-5-11-19-30)36(50-39(44)29-16-8-4-9-17-29)35(42)34(49-41)26-46-38(43)28-14-6-3-7-15-28/h3-25,34-37,41H,2,26H2,1H3. The molecule has 0 N–H and O–H groups in total. The van der Waals surface area contributed by atoms with Crippen molar-refractivity contribution >= 4 is 17.9 Å². The zero-order chi connectivity index (χ0) is 35.6. The van der Waals surface area contributed by atoms with Crippen LogP contribution >= 0.6 is 0 Å². The maximum atomic E-state index is 16.6. The van der Waals surface area contributed by atoms with E-state index in [2.05, 4.69) is 0 Å². The average Bonchev–Trinajstić information content (AvgIpc) is 3.18. The molecule has 1 fully saturated rings. The van der Waals surface area contributed by atoms with Crippen molar-refractivity contribution in [2.75, 3.05) is 6.61 Å². The predicted octanol–water partition coefficient (Wildman–Crippen LogP) is 7.79. The molecule has 0 amide bonds. The van der Waals surface area contributed by atoms with Crippen molar-refractivity contribution in [2.45, 2.75) is 44.1 Å². The summed E-state index contributed by atoms with van der Waals surface area (Å²) >= 11 is 0. The highest BCUT2D eigenvalue weighted by molar-refractivity contribution is 5.90. The number of carbonyl (C=O) groups excluding carboxylic acids is 3. The van der Waals surface area contributed by atoms with Gasteiger partial charge in [0, 0.05) is 0 Å². The van der Waals surface area contributed by atoms with Gasteiger partial charge in [-0.3, -0.25) is 0 Å². The Morgan fingerprint density at radius 1 is 0.608 bits per heavy atom. The highest BCUT2D eigenvalue weighted by atomic mass is 19.1. The van der Waals surface area contributed by atoms with E-state index in [1.54, 1.807) is 91.0 Å². The molecule has 10 heteroatoms. The summed E-state index contributed by atoms with van der Waals surface area (Å²) in [6.45, 7) is 1.47. The van der Waals surface area contributed by atoms with E-state index in [4.69, 9.17) is 28.4 Å². The molecule has 6 rings (SSSR count). The Balaban J connectivity index is 1.34. The van der Waals surface area contributed by atoms with Gasteiger partial charge in [0.2, 0.25) is 12.4 Å². The molecule has 5 aromatic rings. The Bertz CT molecular complexity index is 1900. The first kappa shape index (κ1) is 34.8. The number of aryl methyl sites for hydroxylation is 1. The van der Waals surface area contributed by atoms with Gasteiger partial charge < -0.3 is 28.4 Å². The molecule has 260 valence electrons. The molecule has 0 spiro atoms. The lowest BCUT2D eigenvalue weighted by atomic mass is 9.99. The third-order valence-corrected chi connectivity index (χ3v) is 8.12. The van der Waals surface area contributed by atoms with Crippen molar-refractivity contribution in [3.8, 4) is 17.2 Å². The van der Waals surface area contributed by atoms with Crippen LogP contribution in [-0.2, 0) is 25.4 Å². The van der Waals surface area contributed by atoms with Gasteiger partial charge in [-0.25, -0.2) is 18.8 Å². The molecule has 5 aromatic carbocycles. The highest BCUT2D eigenvalue weighted by Crippen LogP contribution is 2.36. The van der Waals surface area contributed by atoms with Crippen molar-refractivity contribution in [1.29, 1.82) is 0 Å². The van der Waals surface area contributed by atoms with Crippen LogP contribution in [-0.4, -0.2) is 55.3 Å². The smallest absolute Gasteiger partial charge is 0.338 e. The molecule has 1 aliphatic rings. The molecule has 5 unspecified atom stereocenters. The van der Waals surface area contributed by atoms with Gasteiger partial charge in [-0.1, -0.05) is 85.8 Å². The van der Waals surface area contributed by atoms with Crippen LogP contribution in [0.25, 0.3) is 0 Å². The van der Waals surface area contributed by atoms with Gasteiger partial charge in [0.15, 0.2) is 23.8 Å². The molecule has 1 aliphatic heterocycles. The molecule has 0 radical (unpaired) electrons. The van der Waals surface area contributed by atoms with E-state index in [9.17, 15) is 14.4 Å². The quantitative estimate of drug-likeness (QED) is 0.0958. The molecule has 1 saturated heterocycles. The lowest BCUT2D eigenvalue weighted by molar-refractivity contribution is -0.264. The van der Waals surface area contributed by atoms with Crippen molar-refractivity contribution in [2.24, 2.45) is 0 Å². The van der Waals surface area contributed by atoms with E-state index in [0.29, 0.717) is 5.75 Å². The first-order valence-electron chi connectivity index (χ1n) is 16.5. The molecular formula is C41H35FO9. The second kappa shape index (κ2) is 16.6. The molecule has 0 aliphatic carbocycles. The van der Waals surface area contributed by atoms with Gasteiger partial charge in [0.05, 0.1) is 16.7 Å². The number of carbonyl (C=O) groups is 3. The van der Waals surface area contributed by atoms with Crippen molar-refractivity contribution in [3.05, 3.63) is 162 Å². The predicted molar refractivity (Wildman–Crippen MR) is 185 cm³/mol. The van der Waals surface area contributed by atoms with E-state index >= 15 is 4.39 Å². The van der Waals surface area contributed by atoms with Crippen LogP contribution in [0.2, 0.25) is 0 Å². The minimum atomic E-state index is -2.13. The summed E-state index contributed by atoms with van der Waals surface area (Å²) in [5, 5.41) is 0. The number of ether oxygens (including phenoxy) is 6. The van der Waals surface area contributed by atoms with Gasteiger partial charge in [0.1, 0.15) is 18.5 Å². The van der Waals surface area contributed by atoms with Crippen LogP contribution in [0.3, 0.4) is 0 Å². The Kier molecular flexibility index (Phi) is 11.3. The number of halogens is 1. The minimum Gasteiger partial charge on any atom is -0.459 e. The lowest BCUT2D eigenvalue weighted by Crippen LogP contribution is -2.61. The third-order valence-electron chi connectivity index (χ3n) is 8.12. The Morgan fingerprint density at radius 2 is 1.10 bits per heavy atom. The first-order chi connectivity index (χ1) is 24.9. The summed E-state index contributed by atoms with van der Waals surface area (Å²) in [4.78, 5) is 39.6. The van der Waals surface area contributed by atoms with Crippen molar-refractivity contribution in [1.82, 2.24) is 0 Å². The van der Waals surface area contributed by atoms with Crippen LogP contribution in [0.15, 0.2) is 140 Å². The fourth-order valence-electron chi connectivity index (χ4n) is 5.38. The van der Waals surface area contributed by atoms with E-state index in [1.165, 1.54) is 24.3 Å². The zero-order valence-corrected chi connectivity index (χ0v) is 27.6. The topological polar surface area (TPSA) is 107 Å². The minimum absolute atomic E-state index is 0.140. The van der Waals surface area contributed by atoms with Gasteiger partial charge in [-0.2, -0.15) is 0 Å². The summed E-state index contributed by atoms with van der Waals surface area (Å²) in [5.41, 5.74) is 1.68. The highest BCUT2D eigenvalue weighted by Gasteiger charge is 2.53. The van der Waals surface area contributed by atoms with Crippen LogP contribution in [0.4, 0.5) is 4.39 Å². The number of benzene rings is 5. The number of hydrogen-bond acceptors (Lipinski definition) is 9. The second-order valence-electron chi connectivity index (χ2n) is 11.6. The van der Waals surface area contributed by atoms with Gasteiger partial charge >= 0.3 is 17.9 Å².